The van der Waals surface area contributed by atoms with Gasteiger partial charge in [0.2, 0.25) is 0 Å². The molecule has 0 atom stereocenters. The van der Waals surface area contributed by atoms with Gasteiger partial charge in [-0.1, -0.05) is 41.4 Å². The van der Waals surface area contributed by atoms with Crippen molar-refractivity contribution in [3.05, 3.63) is 80.8 Å². The average molecular weight is 506 g/mol. The zero-order chi connectivity index (χ0) is 23.5. The number of halogens is 3. The summed E-state index contributed by atoms with van der Waals surface area (Å²) in [5.41, 5.74) is 4.88. The number of hydrogen-bond acceptors (Lipinski definition) is 3. The summed E-state index contributed by atoms with van der Waals surface area (Å²) in [6.07, 6.45) is 0. The third-order valence-electron chi connectivity index (χ3n) is 5.93. The van der Waals surface area contributed by atoms with Gasteiger partial charge >= 0.3 is 0 Å². The molecule has 0 unspecified atom stereocenters. The van der Waals surface area contributed by atoms with Crippen molar-refractivity contribution < 1.29 is 4.39 Å². The Hall–Kier alpha value is -2.19. The molecule has 2 heterocycles. The number of thiocarbonyl (C=S) groups is 1. The molecule has 0 spiro atoms. The molecule has 0 amide bonds. The minimum Gasteiger partial charge on any atom is -0.346 e. The van der Waals surface area contributed by atoms with E-state index in [0.29, 0.717) is 21.7 Å². The van der Waals surface area contributed by atoms with Crippen LogP contribution in [-0.4, -0.2) is 50.9 Å². The molecule has 5 nitrogen and oxygen atoms in total. The van der Waals surface area contributed by atoms with E-state index in [4.69, 9.17) is 35.4 Å². The van der Waals surface area contributed by atoms with Gasteiger partial charge in [-0.25, -0.2) is 4.39 Å². The van der Waals surface area contributed by atoms with E-state index >= 15 is 0 Å². The van der Waals surface area contributed by atoms with Crippen LogP contribution in [0.15, 0.2) is 42.5 Å². The topological polar surface area (TPSA) is 36.3 Å². The number of piperazine rings is 1. The molecule has 1 N–H and O–H groups in total. The third-order valence-corrected chi connectivity index (χ3v) is 6.87. The number of benzene rings is 2. The van der Waals surface area contributed by atoms with Gasteiger partial charge in [0, 0.05) is 42.8 Å². The lowest BCUT2D eigenvalue weighted by Crippen LogP contribution is -2.49. The Morgan fingerprint density at radius 1 is 1.03 bits per heavy atom. The van der Waals surface area contributed by atoms with Gasteiger partial charge in [0.15, 0.2) is 5.11 Å². The summed E-state index contributed by atoms with van der Waals surface area (Å²) in [7, 11) is 0. The van der Waals surface area contributed by atoms with E-state index in [1.54, 1.807) is 6.07 Å². The minimum atomic E-state index is -0.204. The van der Waals surface area contributed by atoms with Crippen LogP contribution in [0.2, 0.25) is 10.0 Å². The molecule has 0 radical (unpaired) electrons. The quantitative estimate of drug-likeness (QED) is 0.462. The van der Waals surface area contributed by atoms with Gasteiger partial charge < -0.3 is 10.2 Å². The second-order valence-corrected chi connectivity index (χ2v) is 9.49. The monoisotopic (exact) mass is 505 g/mol. The predicted molar refractivity (Wildman–Crippen MR) is 137 cm³/mol. The maximum Gasteiger partial charge on any atom is 0.173 e. The maximum absolute atomic E-state index is 13.1. The third kappa shape index (κ3) is 5.84. The van der Waals surface area contributed by atoms with Crippen LogP contribution in [0, 0.1) is 19.7 Å². The number of nitrogens with one attached hydrogen (secondary N) is 1. The molecule has 1 aliphatic rings. The van der Waals surface area contributed by atoms with Crippen LogP contribution in [0.25, 0.3) is 0 Å². The molecule has 1 aliphatic heterocycles. The first-order valence-electron chi connectivity index (χ1n) is 10.8. The van der Waals surface area contributed by atoms with Crippen LogP contribution >= 0.6 is 35.4 Å². The molecule has 0 aliphatic carbocycles. The van der Waals surface area contributed by atoms with Gasteiger partial charge in [-0.3, -0.25) is 9.58 Å². The lowest BCUT2D eigenvalue weighted by molar-refractivity contribution is 0.177. The fraction of sp³-hybridized carbons (Fsp3) is 0.333. The van der Waals surface area contributed by atoms with Crippen molar-refractivity contribution in [3.63, 3.8) is 0 Å². The molecule has 0 saturated carbocycles. The van der Waals surface area contributed by atoms with Crippen LogP contribution in [-0.2, 0) is 13.1 Å². The van der Waals surface area contributed by atoms with E-state index < -0.39 is 0 Å². The van der Waals surface area contributed by atoms with Gasteiger partial charge in [-0.2, -0.15) is 5.10 Å². The SMILES string of the molecule is Cc1nn(Cc2ccc(Cl)cc2Cl)c(C)c1NC(=S)N1CCN(Cc2ccc(F)cc2)CC1. The lowest BCUT2D eigenvalue weighted by atomic mass is 10.2. The van der Waals surface area contributed by atoms with Gasteiger partial charge in [0.1, 0.15) is 5.82 Å². The van der Waals surface area contributed by atoms with Crippen molar-refractivity contribution in [2.24, 2.45) is 0 Å². The summed E-state index contributed by atoms with van der Waals surface area (Å²) in [6, 6.07) is 12.2. The summed E-state index contributed by atoms with van der Waals surface area (Å²) in [5, 5.41) is 10.0. The Bertz CT molecular complexity index is 1140. The smallest absolute Gasteiger partial charge is 0.173 e. The highest BCUT2D eigenvalue weighted by Crippen LogP contribution is 2.25. The fourth-order valence-corrected chi connectivity index (χ4v) is 4.74. The molecule has 33 heavy (non-hydrogen) atoms. The lowest BCUT2D eigenvalue weighted by Gasteiger charge is -2.36. The number of anilines is 1. The molecular formula is C24H26Cl2FN5S. The van der Waals surface area contributed by atoms with E-state index in [-0.39, 0.29) is 5.82 Å². The number of hydrogen-bond donors (Lipinski definition) is 1. The highest BCUT2D eigenvalue weighted by atomic mass is 35.5. The van der Waals surface area contributed by atoms with Crippen LogP contribution in [0.5, 0.6) is 0 Å². The number of rotatable bonds is 5. The second kappa shape index (κ2) is 10.4. The molecule has 0 bridgehead atoms. The van der Waals surface area contributed by atoms with Crippen molar-refractivity contribution in [3.8, 4) is 0 Å². The van der Waals surface area contributed by atoms with Crippen LogP contribution in [0.3, 0.4) is 0 Å². The summed E-state index contributed by atoms with van der Waals surface area (Å²) < 4.78 is 15.1. The van der Waals surface area contributed by atoms with Gasteiger partial charge in [-0.15, -0.1) is 0 Å². The minimum absolute atomic E-state index is 0.204. The van der Waals surface area contributed by atoms with E-state index in [2.05, 4.69) is 20.2 Å². The number of aryl methyl sites for hydroxylation is 1. The molecule has 1 saturated heterocycles. The van der Waals surface area contributed by atoms with Crippen LogP contribution < -0.4 is 5.32 Å². The first-order chi connectivity index (χ1) is 15.8. The van der Waals surface area contributed by atoms with E-state index in [1.807, 2.05) is 42.8 Å². The Morgan fingerprint density at radius 2 is 1.73 bits per heavy atom. The predicted octanol–water partition coefficient (Wildman–Crippen LogP) is 5.51. The maximum atomic E-state index is 13.1. The largest absolute Gasteiger partial charge is 0.346 e. The van der Waals surface area contributed by atoms with Crippen molar-refractivity contribution >= 4 is 46.2 Å². The molecule has 1 aromatic heterocycles. The van der Waals surface area contributed by atoms with E-state index in [1.165, 1.54) is 12.1 Å². The Morgan fingerprint density at radius 3 is 2.39 bits per heavy atom. The Balaban J connectivity index is 1.35. The first kappa shape index (κ1) is 24.0. The second-order valence-electron chi connectivity index (χ2n) is 8.26. The van der Waals surface area contributed by atoms with Gasteiger partial charge in [0.05, 0.1) is 23.6 Å². The van der Waals surface area contributed by atoms with E-state index in [9.17, 15) is 4.39 Å². The molecule has 2 aromatic carbocycles. The first-order valence-corrected chi connectivity index (χ1v) is 12.0. The molecular weight excluding hydrogens is 480 g/mol. The molecule has 174 valence electrons. The van der Waals surface area contributed by atoms with E-state index in [0.717, 1.165) is 60.9 Å². The Kier molecular flexibility index (Phi) is 7.54. The van der Waals surface area contributed by atoms with Crippen molar-refractivity contribution in [2.75, 3.05) is 31.5 Å². The highest BCUT2D eigenvalue weighted by molar-refractivity contribution is 7.80. The highest BCUT2D eigenvalue weighted by Gasteiger charge is 2.21. The van der Waals surface area contributed by atoms with Crippen LogP contribution in [0.4, 0.5) is 10.1 Å². The summed E-state index contributed by atoms with van der Waals surface area (Å²) in [4.78, 5) is 4.54. The summed E-state index contributed by atoms with van der Waals surface area (Å²) in [5.74, 6) is -0.204. The normalized spacial score (nSPS) is 14.5. The molecule has 4 rings (SSSR count). The standard InChI is InChI=1S/C24H26Cl2FN5S/c1-16-23(17(2)32(29-16)15-19-5-6-20(25)13-22(19)26)28-24(33)31-11-9-30(10-12-31)14-18-3-7-21(27)8-4-18/h3-8,13H,9-12,14-15H2,1-2H3,(H,28,33). The number of nitrogens with zero attached hydrogens (tertiary/aromatic N) is 4. The van der Waals surface area contributed by atoms with Crippen LogP contribution in [0.1, 0.15) is 22.5 Å². The molecule has 3 aromatic rings. The molecule has 9 heteroatoms. The Labute approximate surface area is 209 Å². The summed E-state index contributed by atoms with van der Waals surface area (Å²) in [6.45, 7) is 8.82. The fourth-order valence-electron chi connectivity index (χ4n) is 3.99. The number of aromatic nitrogens is 2. The van der Waals surface area contributed by atoms with Gasteiger partial charge in [0.25, 0.3) is 0 Å². The van der Waals surface area contributed by atoms with Gasteiger partial charge in [-0.05, 0) is 61.5 Å². The molecule has 1 fully saturated rings. The zero-order valence-corrected chi connectivity index (χ0v) is 20.9. The zero-order valence-electron chi connectivity index (χ0n) is 18.6. The van der Waals surface area contributed by atoms with Crippen molar-refractivity contribution in [1.29, 1.82) is 0 Å². The average Bonchev–Trinajstić information content (AvgIpc) is 3.05. The summed E-state index contributed by atoms with van der Waals surface area (Å²) >= 11 is 18.1. The van der Waals surface area contributed by atoms with Crippen molar-refractivity contribution in [1.82, 2.24) is 19.6 Å². The van der Waals surface area contributed by atoms with Crippen molar-refractivity contribution in [2.45, 2.75) is 26.9 Å².